The molecule has 1 saturated carbocycles. The van der Waals surface area contributed by atoms with Gasteiger partial charge in [0.1, 0.15) is 5.82 Å². The van der Waals surface area contributed by atoms with E-state index >= 15 is 0 Å². The number of nitrogens with zero attached hydrogens (tertiary/aromatic N) is 3. The van der Waals surface area contributed by atoms with Crippen LogP contribution < -0.4 is 15.7 Å². The number of hydroxylamine groups is 1. The normalized spacial score (nSPS) is 17.2. The quantitative estimate of drug-likeness (QED) is 0.697. The number of likely N-dealkylation sites (N-methyl/N-ethyl adjacent to an activating group) is 1. The largest absolute Gasteiger partial charge is 0.367 e. The third-order valence-electron chi connectivity index (χ3n) is 5.17. The maximum absolute atomic E-state index is 14.8. The van der Waals surface area contributed by atoms with E-state index in [0.717, 1.165) is 31.5 Å². The summed E-state index contributed by atoms with van der Waals surface area (Å²) in [5.41, 5.74) is 3.49. The van der Waals surface area contributed by atoms with Gasteiger partial charge in [-0.3, -0.25) is 9.63 Å². The minimum absolute atomic E-state index is 0.153. The van der Waals surface area contributed by atoms with Crippen molar-refractivity contribution >= 4 is 17.5 Å². The molecule has 2 aromatic rings. The average molecular weight is 399 g/mol. The molecule has 0 radical (unpaired) electrons. The first kappa shape index (κ1) is 19.6. The predicted molar refractivity (Wildman–Crippen MR) is 109 cm³/mol. The summed E-state index contributed by atoms with van der Waals surface area (Å²) in [6, 6.07) is 11.0. The number of pyridine rings is 1. The molecule has 1 aromatic carbocycles. The van der Waals surface area contributed by atoms with Crippen molar-refractivity contribution in [3.8, 4) is 0 Å². The topological polar surface area (TPSA) is 69.7 Å². The zero-order chi connectivity index (χ0) is 20.2. The number of piperazine rings is 1. The van der Waals surface area contributed by atoms with Crippen LogP contribution in [0, 0.1) is 5.82 Å². The first-order chi connectivity index (χ1) is 14.1. The van der Waals surface area contributed by atoms with Crippen molar-refractivity contribution in [1.82, 2.24) is 15.4 Å². The summed E-state index contributed by atoms with van der Waals surface area (Å²) in [4.78, 5) is 26.6. The Morgan fingerprint density at radius 1 is 1.21 bits per heavy atom. The van der Waals surface area contributed by atoms with Crippen LogP contribution in [0.5, 0.6) is 0 Å². The molecule has 1 saturated heterocycles. The van der Waals surface area contributed by atoms with Crippen LogP contribution in [0.25, 0.3) is 0 Å². The summed E-state index contributed by atoms with van der Waals surface area (Å²) >= 11 is 0. The van der Waals surface area contributed by atoms with Gasteiger partial charge in [-0.1, -0.05) is 30.3 Å². The summed E-state index contributed by atoms with van der Waals surface area (Å²) in [6.45, 7) is 3.33. The summed E-state index contributed by atoms with van der Waals surface area (Å²) < 4.78 is 14.8. The van der Waals surface area contributed by atoms with Crippen LogP contribution in [-0.4, -0.2) is 55.1 Å². The number of halogens is 1. The van der Waals surface area contributed by atoms with Crippen LogP contribution in [0.2, 0.25) is 0 Å². The molecule has 2 aliphatic rings. The van der Waals surface area contributed by atoms with Gasteiger partial charge < -0.3 is 15.1 Å². The number of nitrogens with one attached hydrogen (secondary N) is 2. The van der Waals surface area contributed by atoms with E-state index in [-0.39, 0.29) is 18.2 Å². The van der Waals surface area contributed by atoms with Crippen molar-refractivity contribution in [1.29, 1.82) is 0 Å². The van der Waals surface area contributed by atoms with E-state index in [1.54, 1.807) is 0 Å². The fraction of sp³-hybridized carbons (Fsp3) is 0.429. The first-order valence-corrected chi connectivity index (χ1v) is 9.97. The Hall–Kier alpha value is -2.71. The molecule has 2 heterocycles. The minimum atomic E-state index is -0.514. The van der Waals surface area contributed by atoms with Crippen molar-refractivity contribution in [3.63, 3.8) is 0 Å². The van der Waals surface area contributed by atoms with Gasteiger partial charge in [0.05, 0.1) is 12.2 Å². The highest BCUT2D eigenvalue weighted by Gasteiger charge is 2.27. The van der Waals surface area contributed by atoms with E-state index in [1.165, 1.54) is 6.07 Å². The highest BCUT2D eigenvalue weighted by atomic mass is 19.1. The maximum atomic E-state index is 14.8. The van der Waals surface area contributed by atoms with Crippen molar-refractivity contribution in [2.24, 2.45) is 0 Å². The summed E-state index contributed by atoms with van der Waals surface area (Å²) in [5, 5.41) is 3.26. The van der Waals surface area contributed by atoms with Gasteiger partial charge in [0, 0.05) is 32.2 Å². The summed E-state index contributed by atoms with van der Waals surface area (Å²) in [6.07, 6.45) is 2.04. The number of benzene rings is 1. The monoisotopic (exact) mass is 399 g/mol. The van der Waals surface area contributed by atoms with Crippen molar-refractivity contribution < 1.29 is 14.0 Å². The van der Waals surface area contributed by atoms with Gasteiger partial charge in [0.2, 0.25) is 0 Å². The van der Waals surface area contributed by atoms with Gasteiger partial charge in [0.15, 0.2) is 11.6 Å². The number of rotatable bonds is 7. The second-order valence-corrected chi connectivity index (χ2v) is 7.60. The zero-order valence-corrected chi connectivity index (χ0v) is 16.5. The van der Waals surface area contributed by atoms with Crippen molar-refractivity contribution in [2.45, 2.75) is 25.5 Å². The van der Waals surface area contributed by atoms with Crippen LogP contribution in [-0.2, 0) is 11.4 Å². The number of anilines is 2. The van der Waals surface area contributed by atoms with Crippen molar-refractivity contribution in [2.75, 3.05) is 43.4 Å². The molecule has 0 unspecified atom stereocenters. The standard InChI is InChI=1S/C21H26FN5O2/c1-26-9-11-27(12-10-26)20-18(22)13-17(19(24-20)23-16-7-8-16)21(28)25-29-14-15-5-3-2-4-6-15/h2-6,13,16H,7-12,14H2,1H3,(H,23,24)(H,25,28). The molecule has 1 aromatic heterocycles. The van der Waals surface area contributed by atoms with Gasteiger partial charge in [-0.15, -0.1) is 0 Å². The molecule has 7 nitrogen and oxygen atoms in total. The molecule has 154 valence electrons. The Bertz CT molecular complexity index is 852. The van der Waals surface area contributed by atoms with E-state index in [4.69, 9.17) is 4.84 Å². The Kier molecular flexibility index (Phi) is 5.92. The summed E-state index contributed by atoms with van der Waals surface area (Å²) in [7, 11) is 2.05. The summed E-state index contributed by atoms with van der Waals surface area (Å²) in [5.74, 6) is -0.309. The molecule has 1 aliphatic heterocycles. The fourth-order valence-electron chi connectivity index (χ4n) is 3.24. The molecule has 29 heavy (non-hydrogen) atoms. The zero-order valence-electron chi connectivity index (χ0n) is 16.5. The van der Waals surface area contributed by atoms with E-state index in [2.05, 4.69) is 20.7 Å². The van der Waals surface area contributed by atoms with Crippen LogP contribution in [0.4, 0.5) is 16.0 Å². The lowest BCUT2D eigenvalue weighted by Crippen LogP contribution is -2.45. The highest BCUT2D eigenvalue weighted by molar-refractivity contribution is 5.98. The highest BCUT2D eigenvalue weighted by Crippen LogP contribution is 2.29. The van der Waals surface area contributed by atoms with Crippen LogP contribution in [0.15, 0.2) is 36.4 Å². The van der Waals surface area contributed by atoms with Gasteiger partial charge in [0.25, 0.3) is 5.91 Å². The third kappa shape index (κ3) is 5.02. The number of aromatic nitrogens is 1. The lowest BCUT2D eigenvalue weighted by atomic mass is 10.2. The molecule has 1 amide bonds. The molecule has 4 rings (SSSR count). The lowest BCUT2D eigenvalue weighted by molar-refractivity contribution is 0.0233. The SMILES string of the molecule is CN1CCN(c2nc(NC3CC3)c(C(=O)NOCc3ccccc3)cc2F)CC1. The second kappa shape index (κ2) is 8.75. The second-order valence-electron chi connectivity index (χ2n) is 7.60. The third-order valence-corrected chi connectivity index (χ3v) is 5.17. The maximum Gasteiger partial charge on any atom is 0.278 e. The Balaban J connectivity index is 1.48. The molecule has 2 fully saturated rings. The van der Waals surface area contributed by atoms with Crippen molar-refractivity contribution in [3.05, 3.63) is 53.3 Å². The van der Waals surface area contributed by atoms with E-state index in [1.807, 2.05) is 42.3 Å². The van der Waals surface area contributed by atoms with Crippen LogP contribution in [0.1, 0.15) is 28.8 Å². The molecule has 8 heteroatoms. The molecule has 0 atom stereocenters. The number of amides is 1. The number of hydrogen-bond acceptors (Lipinski definition) is 6. The van der Waals surface area contributed by atoms with Gasteiger partial charge >= 0.3 is 0 Å². The molecule has 1 aliphatic carbocycles. The minimum Gasteiger partial charge on any atom is -0.367 e. The number of carbonyl (C=O) groups is 1. The Morgan fingerprint density at radius 2 is 1.93 bits per heavy atom. The lowest BCUT2D eigenvalue weighted by Gasteiger charge is -2.33. The molecule has 2 N–H and O–H groups in total. The number of hydrogen-bond donors (Lipinski definition) is 2. The molecule has 0 bridgehead atoms. The predicted octanol–water partition coefficient (Wildman–Crippen LogP) is 2.41. The Morgan fingerprint density at radius 3 is 2.62 bits per heavy atom. The van der Waals surface area contributed by atoms with Crippen LogP contribution >= 0.6 is 0 Å². The fourth-order valence-corrected chi connectivity index (χ4v) is 3.24. The van der Waals surface area contributed by atoms with Gasteiger partial charge in [-0.25, -0.2) is 14.9 Å². The molecular formula is C21H26FN5O2. The van der Waals surface area contributed by atoms with E-state index in [9.17, 15) is 9.18 Å². The smallest absolute Gasteiger partial charge is 0.278 e. The van der Waals surface area contributed by atoms with Gasteiger partial charge in [-0.2, -0.15) is 0 Å². The first-order valence-electron chi connectivity index (χ1n) is 9.97. The Labute approximate surface area is 169 Å². The molecular weight excluding hydrogens is 373 g/mol. The van der Waals surface area contributed by atoms with Gasteiger partial charge in [-0.05, 0) is 31.5 Å². The van der Waals surface area contributed by atoms with E-state index in [0.29, 0.717) is 24.7 Å². The average Bonchev–Trinajstić information content (AvgIpc) is 3.54. The van der Waals surface area contributed by atoms with E-state index < -0.39 is 11.7 Å². The van der Waals surface area contributed by atoms with Crippen LogP contribution in [0.3, 0.4) is 0 Å². The number of carbonyl (C=O) groups excluding carboxylic acids is 1. The molecule has 0 spiro atoms.